The highest BCUT2D eigenvalue weighted by molar-refractivity contribution is 5.74. The second kappa shape index (κ2) is 4.41. The normalized spacial score (nSPS) is 10.1. The Bertz CT molecular complexity index is 634. The second-order valence-corrected chi connectivity index (χ2v) is 4.21. The van der Waals surface area contributed by atoms with Gasteiger partial charge in [0, 0.05) is 7.05 Å². The summed E-state index contributed by atoms with van der Waals surface area (Å²) in [5, 5.41) is 16.6. The van der Waals surface area contributed by atoms with E-state index in [1.54, 1.807) is 4.68 Å². The number of hydrogen-bond acceptors (Lipinski definition) is 4. The molecule has 0 aliphatic heterocycles. The van der Waals surface area contributed by atoms with E-state index >= 15 is 0 Å². The van der Waals surface area contributed by atoms with Crippen molar-refractivity contribution in [2.45, 2.75) is 13.8 Å². The molecule has 0 radical (unpaired) electrons. The summed E-state index contributed by atoms with van der Waals surface area (Å²) in [7, 11) is 1.81. The number of nitriles is 1. The van der Waals surface area contributed by atoms with Crippen molar-refractivity contribution in [1.29, 1.82) is 5.26 Å². The molecule has 0 fully saturated rings. The highest BCUT2D eigenvalue weighted by Crippen LogP contribution is 2.27. The fourth-order valence-corrected chi connectivity index (χ4v) is 1.87. The van der Waals surface area contributed by atoms with Gasteiger partial charge in [0.15, 0.2) is 5.82 Å². The summed E-state index contributed by atoms with van der Waals surface area (Å²) in [5.74, 6) is 0.703. The van der Waals surface area contributed by atoms with Crippen LogP contribution in [0.5, 0.6) is 0 Å². The molecule has 5 heteroatoms. The van der Waals surface area contributed by atoms with E-state index in [4.69, 9.17) is 5.73 Å². The van der Waals surface area contributed by atoms with Gasteiger partial charge in [-0.25, -0.2) is 0 Å². The fourth-order valence-electron chi connectivity index (χ4n) is 1.87. The SMILES string of the molecule is Cc1cccc(Nc2c(N)c(C)nn2C)c1C#N. The molecule has 0 atom stereocenters. The monoisotopic (exact) mass is 241 g/mol. The molecule has 3 N–H and O–H groups in total. The molecule has 0 saturated heterocycles. The van der Waals surface area contributed by atoms with Gasteiger partial charge in [-0.15, -0.1) is 0 Å². The largest absolute Gasteiger partial charge is 0.394 e. The molecule has 0 spiro atoms. The van der Waals surface area contributed by atoms with Crippen LogP contribution in [0.3, 0.4) is 0 Å². The Kier molecular flexibility index (Phi) is 2.94. The summed E-state index contributed by atoms with van der Waals surface area (Å²) >= 11 is 0. The Balaban J connectivity index is 2.47. The first-order chi connectivity index (χ1) is 8.54. The topological polar surface area (TPSA) is 79.7 Å². The van der Waals surface area contributed by atoms with Crippen molar-refractivity contribution in [2.75, 3.05) is 11.1 Å². The van der Waals surface area contributed by atoms with E-state index in [-0.39, 0.29) is 0 Å². The molecule has 0 unspecified atom stereocenters. The maximum absolute atomic E-state index is 9.18. The average Bonchev–Trinajstić information content (AvgIpc) is 2.56. The number of aromatic nitrogens is 2. The van der Waals surface area contributed by atoms with Crippen molar-refractivity contribution in [2.24, 2.45) is 7.05 Å². The first-order valence-electron chi connectivity index (χ1n) is 5.60. The number of rotatable bonds is 2. The molecule has 0 saturated carbocycles. The van der Waals surface area contributed by atoms with Gasteiger partial charge < -0.3 is 11.1 Å². The Hall–Kier alpha value is -2.48. The first-order valence-corrected chi connectivity index (χ1v) is 5.60. The van der Waals surface area contributed by atoms with Crippen molar-refractivity contribution in [3.63, 3.8) is 0 Å². The van der Waals surface area contributed by atoms with E-state index in [2.05, 4.69) is 16.5 Å². The molecular weight excluding hydrogens is 226 g/mol. The molecule has 0 amide bonds. The van der Waals surface area contributed by atoms with Gasteiger partial charge in [0.25, 0.3) is 0 Å². The third kappa shape index (κ3) is 1.89. The van der Waals surface area contributed by atoms with E-state index in [9.17, 15) is 5.26 Å². The number of anilines is 3. The Morgan fingerprint density at radius 1 is 1.39 bits per heavy atom. The standard InChI is InChI=1S/C13H15N5/c1-8-5-4-6-11(10(8)7-14)16-13-12(15)9(2)17-18(13)3/h4-6,16H,15H2,1-3H3. The minimum Gasteiger partial charge on any atom is -0.394 e. The van der Waals surface area contributed by atoms with Gasteiger partial charge in [-0.3, -0.25) is 4.68 Å². The third-order valence-electron chi connectivity index (χ3n) is 2.91. The second-order valence-electron chi connectivity index (χ2n) is 4.21. The lowest BCUT2D eigenvalue weighted by atomic mass is 10.1. The molecule has 1 heterocycles. The highest BCUT2D eigenvalue weighted by Gasteiger charge is 2.12. The lowest BCUT2D eigenvalue weighted by molar-refractivity contribution is 0.765. The lowest BCUT2D eigenvalue weighted by Gasteiger charge is -2.10. The molecule has 5 nitrogen and oxygen atoms in total. The summed E-state index contributed by atoms with van der Waals surface area (Å²) < 4.78 is 1.67. The van der Waals surface area contributed by atoms with Crippen LogP contribution in [0.4, 0.5) is 17.2 Å². The van der Waals surface area contributed by atoms with Crippen molar-refractivity contribution >= 4 is 17.2 Å². The van der Waals surface area contributed by atoms with Gasteiger partial charge in [-0.1, -0.05) is 12.1 Å². The fraction of sp³-hybridized carbons (Fsp3) is 0.231. The zero-order valence-corrected chi connectivity index (χ0v) is 10.7. The molecule has 0 aliphatic carbocycles. The summed E-state index contributed by atoms with van der Waals surface area (Å²) in [6.07, 6.45) is 0. The molecule has 2 aromatic rings. The zero-order valence-electron chi connectivity index (χ0n) is 10.7. The predicted molar refractivity (Wildman–Crippen MR) is 71.5 cm³/mol. The van der Waals surface area contributed by atoms with E-state index in [1.807, 2.05) is 39.1 Å². The minimum atomic E-state index is 0.600. The van der Waals surface area contributed by atoms with Gasteiger partial charge >= 0.3 is 0 Å². The molecule has 18 heavy (non-hydrogen) atoms. The lowest BCUT2D eigenvalue weighted by Crippen LogP contribution is -2.03. The van der Waals surface area contributed by atoms with Crippen LogP contribution in [0.2, 0.25) is 0 Å². The quantitative estimate of drug-likeness (QED) is 0.845. The van der Waals surface area contributed by atoms with Gasteiger partial charge in [-0.05, 0) is 25.5 Å². The van der Waals surface area contributed by atoms with Crippen molar-refractivity contribution in [3.8, 4) is 6.07 Å². The number of nitrogens with one attached hydrogen (secondary N) is 1. The van der Waals surface area contributed by atoms with Crippen LogP contribution in [-0.2, 0) is 7.05 Å². The maximum atomic E-state index is 9.18. The summed E-state index contributed by atoms with van der Waals surface area (Å²) in [5.41, 5.74) is 9.62. The van der Waals surface area contributed by atoms with E-state index in [0.29, 0.717) is 17.1 Å². The summed E-state index contributed by atoms with van der Waals surface area (Å²) in [4.78, 5) is 0. The van der Waals surface area contributed by atoms with Crippen LogP contribution in [0.25, 0.3) is 0 Å². The number of nitrogens with zero attached hydrogens (tertiary/aromatic N) is 3. The van der Waals surface area contributed by atoms with Crippen molar-refractivity contribution < 1.29 is 0 Å². The molecule has 1 aromatic carbocycles. The van der Waals surface area contributed by atoms with Gasteiger partial charge in [0.1, 0.15) is 6.07 Å². The van der Waals surface area contributed by atoms with Crippen LogP contribution in [0.1, 0.15) is 16.8 Å². The van der Waals surface area contributed by atoms with Gasteiger partial charge in [-0.2, -0.15) is 10.4 Å². The van der Waals surface area contributed by atoms with E-state index in [1.165, 1.54) is 0 Å². The minimum absolute atomic E-state index is 0.600. The number of aryl methyl sites for hydroxylation is 3. The maximum Gasteiger partial charge on any atom is 0.152 e. The predicted octanol–water partition coefficient (Wildman–Crippen LogP) is 2.23. The molecular formula is C13H15N5. The van der Waals surface area contributed by atoms with E-state index in [0.717, 1.165) is 16.9 Å². The Morgan fingerprint density at radius 3 is 2.67 bits per heavy atom. The van der Waals surface area contributed by atoms with Crippen LogP contribution >= 0.6 is 0 Å². The first kappa shape index (κ1) is 12.0. The molecule has 0 aliphatic rings. The van der Waals surface area contributed by atoms with Crippen LogP contribution < -0.4 is 11.1 Å². The molecule has 0 bridgehead atoms. The number of benzene rings is 1. The zero-order chi connectivity index (χ0) is 13.3. The average molecular weight is 241 g/mol. The van der Waals surface area contributed by atoms with Gasteiger partial charge in [0.05, 0.1) is 22.6 Å². The smallest absolute Gasteiger partial charge is 0.152 e. The van der Waals surface area contributed by atoms with Crippen LogP contribution in [-0.4, -0.2) is 9.78 Å². The Labute approximate surface area is 106 Å². The number of nitrogens with two attached hydrogens (primary N) is 1. The van der Waals surface area contributed by atoms with Crippen molar-refractivity contribution in [3.05, 3.63) is 35.0 Å². The summed E-state index contributed by atoms with van der Waals surface area (Å²) in [6.45, 7) is 3.75. The van der Waals surface area contributed by atoms with Gasteiger partial charge in [0.2, 0.25) is 0 Å². The van der Waals surface area contributed by atoms with E-state index < -0.39 is 0 Å². The molecule has 92 valence electrons. The summed E-state index contributed by atoms with van der Waals surface area (Å²) in [6, 6.07) is 7.86. The third-order valence-corrected chi connectivity index (χ3v) is 2.91. The number of hydrogen-bond donors (Lipinski definition) is 2. The molecule has 2 rings (SSSR count). The van der Waals surface area contributed by atoms with Crippen LogP contribution in [0, 0.1) is 25.2 Å². The molecule has 1 aromatic heterocycles. The number of nitrogen functional groups attached to an aromatic ring is 1. The van der Waals surface area contributed by atoms with Crippen LogP contribution in [0.15, 0.2) is 18.2 Å². The highest BCUT2D eigenvalue weighted by atomic mass is 15.3. The van der Waals surface area contributed by atoms with Crippen molar-refractivity contribution in [1.82, 2.24) is 9.78 Å². The Morgan fingerprint density at radius 2 is 2.11 bits per heavy atom.